The summed E-state index contributed by atoms with van der Waals surface area (Å²) >= 11 is 0. The van der Waals surface area contributed by atoms with Crippen molar-refractivity contribution in [3.05, 3.63) is 41.1 Å². The van der Waals surface area contributed by atoms with Crippen LogP contribution in [-0.4, -0.2) is 41.1 Å². The fourth-order valence-electron chi connectivity index (χ4n) is 3.31. The average Bonchev–Trinajstić information content (AvgIpc) is 2.59. The fraction of sp³-hybridized carbons (Fsp3) is 0.471. The third-order valence-electron chi connectivity index (χ3n) is 4.62. The summed E-state index contributed by atoms with van der Waals surface area (Å²) in [5.41, 5.74) is 0.140. The van der Waals surface area contributed by atoms with Gasteiger partial charge in [0.15, 0.2) is 0 Å². The number of halogens is 4. The summed E-state index contributed by atoms with van der Waals surface area (Å²) < 4.78 is 54.7. The van der Waals surface area contributed by atoms with Gasteiger partial charge in [-0.05, 0) is 26.7 Å². The van der Waals surface area contributed by atoms with Crippen LogP contribution in [0.4, 0.5) is 29.1 Å². The van der Waals surface area contributed by atoms with Gasteiger partial charge in [-0.25, -0.2) is 9.97 Å². The van der Waals surface area contributed by atoms with Gasteiger partial charge in [0, 0.05) is 37.9 Å². The van der Waals surface area contributed by atoms with Crippen molar-refractivity contribution in [2.75, 3.05) is 29.9 Å². The zero-order chi connectivity index (χ0) is 19.0. The Morgan fingerprint density at radius 3 is 2.08 bits per heavy atom. The summed E-state index contributed by atoms with van der Waals surface area (Å²) in [4.78, 5) is 14.6. The van der Waals surface area contributed by atoms with E-state index in [9.17, 15) is 17.6 Å². The van der Waals surface area contributed by atoms with E-state index in [1.807, 2.05) is 19.9 Å². The molecule has 1 saturated heterocycles. The lowest BCUT2D eigenvalue weighted by atomic mass is 10.0. The topological polar surface area (TPSA) is 45.2 Å². The monoisotopic (exact) mass is 369 g/mol. The number of aryl methyl sites for hydroxylation is 2. The van der Waals surface area contributed by atoms with Crippen molar-refractivity contribution >= 4 is 11.5 Å². The highest BCUT2D eigenvalue weighted by Gasteiger charge is 2.30. The Morgan fingerprint density at radius 2 is 1.54 bits per heavy atom. The first kappa shape index (κ1) is 18.3. The minimum Gasteiger partial charge on any atom is -0.366 e. The molecule has 3 rings (SSSR count). The second-order valence-corrected chi connectivity index (χ2v) is 6.41. The van der Waals surface area contributed by atoms with Crippen LogP contribution in [0.3, 0.4) is 0 Å². The predicted molar refractivity (Wildman–Crippen MR) is 89.2 cm³/mol. The van der Waals surface area contributed by atoms with Gasteiger partial charge in [0.2, 0.25) is 11.6 Å². The summed E-state index contributed by atoms with van der Waals surface area (Å²) in [7, 11) is 1.43. The highest BCUT2D eigenvalue weighted by atomic mass is 19.2. The summed E-state index contributed by atoms with van der Waals surface area (Å²) in [5, 5.41) is 0. The molecule has 0 aromatic carbocycles. The van der Waals surface area contributed by atoms with Crippen LogP contribution < -0.4 is 9.80 Å². The second kappa shape index (κ2) is 7.05. The molecule has 0 amide bonds. The number of pyridine rings is 1. The first-order chi connectivity index (χ1) is 12.3. The van der Waals surface area contributed by atoms with E-state index >= 15 is 0 Å². The van der Waals surface area contributed by atoms with Crippen LogP contribution in [0.25, 0.3) is 0 Å². The zero-order valence-corrected chi connectivity index (χ0v) is 14.7. The van der Waals surface area contributed by atoms with Crippen molar-refractivity contribution in [2.24, 2.45) is 0 Å². The lowest BCUT2D eigenvalue weighted by Crippen LogP contribution is -2.44. The molecule has 2 aromatic rings. The molecule has 1 aliphatic rings. The summed E-state index contributed by atoms with van der Waals surface area (Å²) in [6.45, 7) is 4.90. The molecule has 0 spiro atoms. The number of piperidine rings is 1. The number of nitrogens with zero attached hydrogens (tertiary/aromatic N) is 5. The number of hydrogen-bond acceptors (Lipinski definition) is 5. The second-order valence-electron chi connectivity index (χ2n) is 6.41. The number of anilines is 2. The van der Waals surface area contributed by atoms with E-state index in [1.165, 1.54) is 11.9 Å². The van der Waals surface area contributed by atoms with Crippen LogP contribution in [0.2, 0.25) is 0 Å². The van der Waals surface area contributed by atoms with Crippen LogP contribution >= 0.6 is 0 Å². The molecule has 9 heteroatoms. The van der Waals surface area contributed by atoms with Gasteiger partial charge in [-0.2, -0.15) is 22.5 Å². The van der Waals surface area contributed by atoms with E-state index in [4.69, 9.17) is 0 Å². The Labute approximate surface area is 148 Å². The lowest BCUT2D eigenvalue weighted by Gasteiger charge is -2.38. The molecule has 1 aliphatic heterocycles. The maximum Gasteiger partial charge on any atom is 0.253 e. The molecule has 0 bridgehead atoms. The molecule has 2 aromatic heterocycles. The molecule has 5 nitrogen and oxygen atoms in total. The first-order valence-electron chi connectivity index (χ1n) is 8.28. The number of hydrogen-bond donors (Lipinski definition) is 0. The third kappa shape index (κ3) is 3.42. The third-order valence-corrected chi connectivity index (χ3v) is 4.62. The van der Waals surface area contributed by atoms with E-state index in [1.54, 1.807) is 0 Å². The Hall–Kier alpha value is -2.45. The van der Waals surface area contributed by atoms with Crippen molar-refractivity contribution in [3.63, 3.8) is 0 Å². The summed E-state index contributed by atoms with van der Waals surface area (Å²) in [6, 6.07) is 1.62. The Balaban J connectivity index is 1.76. The molecule has 1 fully saturated rings. The van der Waals surface area contributed by atoms with Crippen molar-refractivity contribution < 1.29 is 17.6 Å². The average molecular weight is 369 g/mol. The van der Waals surface area contributed by atoms with E-state index in [2.05, 4.69) is 19.9 Å². The molecule has 0 radical (unpaired) electrons. The summed E-state index contributed by atoms with van der Waals surface area (Å²) in [5.74, 6) is -4.77. The van der Waals surface area contributed by atoms with Crippen molar-refractivity contribution in [1.82, 2.24) is 15.0 Å². The molecular weight excluding hydrogens is 350 g/mol. The van der Waals surface area contributed by atoms with E-state index in [0.717, 1.165) is 11.5 Å². The standard InChI is InChI=1S/C17H19F4N5/c1-9-8-12(23-10(2)22-9)26-6-4-11(5-7-26)25(3)15-13(18)16(20)24-17(21)14(15)19/h8,11H,4-7H2,1-3H3. The molecular formula is C17H19F4N5. The molecule has 0 aliphatic carbocycles. The highest BCUT2D eigenvalue weighted by molar-refractivity contribution is 5.49. The number of rotatable bonds is 3. The molecule has 26 heavy (non-hydrogen) atoms. The fourth-order valence-corrected chi connectivity index (χ4v) is 3.31. The van der Waals surface area contributed by atoms with Gasteiger partial charge in [0.1, 0.15) is 17.3 Å². The maximum atomic E-state index is 14.0. The molecule has 140 valence electrons. The smallest absolute Gasteiger partial charge is 0.253 e. The Bertz CT molecular complexity index is 775. The molecule has 3 heterocycles. The van der Waals surface area contributed by atoms with E-state index in [0.29, 0.717) is 31.8 Å². The Kier molecular flexibility index (Phi) is 4.97. The van der Waals surface area contributed by atoms with Gasteiger partial charge in [-0.15, -0.1) is 0 Å². The normalized spacial score (nSPS) is 15.4. The minimum absolute atomic E-state index is 0.263. The van der Waals surface area contributed by atoms with Crippen molar-refractivity contribution in [1.29, 1.82) is 0 Å². The maximum absolute atomic E-state index is 14.0. The van der Waals surface area contributed by atoms with Gasteiger partial charge in [0.05, 0.1) is 0 Å². The van der Waals surface area contributed by atoms with Crippen molar-refractivity contribution in [3.8, 4) is 0 Å². The van der Waals surface area contributed by atoms with Crippen LogP contribution in [-0.2, 0) is 0 Å². The Morgan fingerprint density at radius 1 is 0.962 bits per heavy atom. The first-order valence-corrected chi connectivity index (χ1v) is 8.28. The highest BCUT2D eigenvalue weighted by Crippen LogP contribution is 2.30. The minimum atomic E-state index is -1.64. The van der Waals surface area contributed by atoms with Gasteiger partial charge in [0.25, 0.3) is 11.9 Å². The van der Waals surface area contributed by atoms with Crippen LogP contribution in [0, 0.1) is 37.4 Å². The van der Waals surface area contributed by atoms with Crippen LogP contribution in [0.15, 0.2) is 6.07 Å². The SMILES string of the molecule is Cc1cc(N2CCC(N(C)c3c(F)c(F)nc(F)c3F)CC2)nc(C)n1. The van der Waals surface area contributed by atoms with Crippen LogP contribution in [0.1, 0.15) is 24.4 Å². The predicted octanol–water partition coefficient (Wildman–Crippen LogP) is 3.15. The molecule has 0 atom stereocenters. The molecule has 0 unspecified atom stereocenters. The van der Waals surface area contributed by atoms with Gasteiger partial charge >= 0.3 is 0 Å². The van der Waals surface area contributed by atoms with E-state index < -0.39 is 29.2 Å². The zero-order valence-electron chi connectivity index (χ0n) is 14.7. The largest absolute Gasteiger partial charge is 0.366 e. The van der Waals surface area contributed by atoms with Crippen molar-refractivity contribution in [2.45, 2.75) is 32.7 Å². The van der Waals surface area contributed by atoms with Gasteiger partial charge in [-0.1, -0.05) is 0 Å². The summed E-state index contributed by atoms with van der Waals surface area (Å²) in [6.07, 6.45) is 1.12. The van der Waals surface area contributed by atoms with E-state index in [-0.39, 0.29) is 6.04 Å². The number of aromatic nitrogens is 3. The van der Waals surface area contributed by atoms with Gasteiger partial charge < -0.3 is 9.80 Å². The lowest BCUT2D eigenvalue weighted by molar-refractivity contribution is 0.397. The van der Waals surface area contributed by atoms with Gasteiger partial charge in [-0.3, -0.25) is 0 Å². The van der Waals surface area contributed by atoms with Crippen LogP contribution in [0.5, 0.6) is 0 Å². The molecule has 0 N–H and O–H groups in total. The molecule has 0 saturated carbocycles. The quantitative estimate of drug-likeness (QED) is 0.614.